The Hall–Kier alpha value is -0.380. The highest BCUT2D eigenvalue weighted by atomic mass is 32.1. The molecule has 2 heterocycles. The monoisotopic (exact) mass is 210 g/mol. The van der Waals surface area contributed by atoms with Gasteiger partial charge in [0.2, 0.25) is 0 Å². The number of nitrogens with two attached hydrogens (primary N) is 1. The third-order valence-electron chi connectivity index (χ3n) is 2.85. The number of hydrogen-bond donors (Lipinski definition) is 1. The zero-order valence-electron chi connectivity index (χ0n) is 8.86. The molecule has 2 nitrogen and oxygen atoms in total. The summed E-state index contributed by atoms with van der Waals surface area (Å²) in [4.78, 5) is 2.47. The van der Waals surface area contributed by atoms with Crippen molar-refractivity contribution >= 4 is 11.3 Å². The van der Waals surface area contributed by atoms with Gasteiger partial charge in [-0.15, -0.1) is 0 Å². The topological polar surface area (TPSA) is 29.3 Å². The van der Waals surface area contributed by atoms with E-state index >= 15 is 0 Å². The Labute approximate surface area is 89.7 Å². The molecule has 1 atom stereocenters. The van der Waals surface area contributed by atoms with E-state index in [0.29, 0.717) is 11.5 Å². The minimum atomic E-state index is 0.439. The highest BCUT2D eigenvalue weighted by molar-refractivity contribution is 7.07. The number of nitrogens with zero attached hydrogens (tertiary/aromatic N) is 1. The van der Waals surface area contributed by atoms with Gasteiger partial charge in [0, 0.05) is 25.7 Å². The van der Waals surface area contributed by atoms with Crippen molar-refractivity contribution in [1.82, 2.24) is 4.90 Å². The third kappa shape index (κ3) is 1.85. The first kappa shape index (κ1) is 10.1. The molecule has 0 amide bonds. The largest absolute Gasteiger partial charge is 0.329 e. The van der Waals surface area contributed by atoms with E-state index in [4.69, 9.17) is 5.73 Å². The summed E-state index contributed by atoms with van der Waals surface area (Å²) < 4.78 is 0. The van der Waals surface area contributed by atoms with Gasteiger partial charge in [0.25, 0.3) is 0 Å². The normalized spacial score (nSPS) is 23.1. The SMILES string of the molecule is CC1(C)CN(C(CN)c2ccsc2)C1. The second kappa shape index (κ2) is 3.65. The molecule has 0 aliphatic carbocycles. The predicted octanol–water partition coefficient (Wildman–Crippen LogP) is 2.09. The summed E-state index contributed by atoms with van der Waals surface area (Å²) in [6.45, 7) is 7.69. The Morgan fingerprint density at radius 1 is 1.57 bits per heavy atom. The van der Waals surface area contributed by atoms with Crippen molar-refractivity contribution in [2.24, 2.45) is 11.1 Å². The molecule has 2 N–H and O–H groups in total. The molecule has 1 aliphatic rings. The molecule has 2 rings (SSSR count). The summed E-state index contributed by atoms with van der Waals surface area (Å²) in [5, 5.41) is 4.34. The maximum Gasteiger partial charge on any atom is 0.0479 e. The Morgan fingerprint density at radius 2 is 2.29 bits per heavy atom. The van der Waals surface area contributed by atoms with Crippen LogP contribution in [0.3, 0.4) is 0 Å². The van der Waals surface area contributed by atoms with Gasteiger partial charge in [-0.3, -0.25) is 4.90 Å². The second-order valence-electron chi connectivity index (χ2n) is 4.88. The summed E-state index contributed by atoms with van der Waals surface area (Å²) >= 11 is 1.75. The molecular formula is C11H18N2S. The van der Waals surface area contributed by atoms with E-state index in [2.05, 4.69) is 35.6 Å². The molecule has 1 aromatic heterocycles. The standard InChI is InChI=1S/C11H18N2S/c1-11(2)7-13(8-11)10(5-12)9-3-4-14-6-9/h3-4,6,10H,5,7-8,12H2,1-2H3. The van der Waals surface area contributed by atoms with Crippen molar-refractivity contribution in [3.63, 3.8) is 0 Å². The number of rotatable bonds is 3. The Morgan fingerprint density at radius 3 is 2.71 bits per heavy atom. The molecule has 3 heteroatoms. The summed E-state index contributed by atoms with van der Waals surface area (Å²) in [5.74, 6) is 0. The lowest BCUT2D eigenvalue weighted by Crippen LogP contribution is -2.55. The van der Waals surface area contributed by atoms with Crippen LogP contribution in [0.5, 0.6) is 0 Å². The minimum absolute atomic E-state index is 0.439. The van der Waals surface area contributed by atoms with Crippen molar-refractivity contribution < 1.29 is 0 Å². The highest BCUT2D eigenvalue weighted by Crippen LogP contribution is 2.36. The fourth-order valence-electron chi connectivity index (χ4n) is 2.23. The zero-order valence-corrected chi connectivity index (χ0v) is 9.68. The van der Waals surface area contributed by atoms with Gasteiger partial charge in [-0.25, -0.2) is 0 Å². The van der Waals surface area contributed by atoms with Crippen LogP contribution in [0.2, 0.25) is 0 Å². The molecule has 0 bridgehead atoms. The van der Waals surface area contributed by atoms with Crippen LogP contribution in [0.25, 0.3) is 0 Å². The van der Waals surface area contributed by atoms with E-state index in [9.17, 15) is 0 Å². The van der Waals surface area contributed by atoms with Crippen molar-refractivity contribution in [3.8, 4) is 0 Å². The van der Waals surface area contributed by atoms with Gasteiger partial charge in [-0.05, 0) is 27.8 Å². The maximum atomic E-state index is 5.83. The maximum absolute atomic E-state index is 5.83. The molecule has 0 aromatic carbocycles. The lowest BCUT2D eigenvalue weighted by molar-refractivity contribution is -0.00396. The van der Waals surface area contributed by atoms with E-state index in [-0.39, 0.29) is 0 Å². The van der Waals surface area contributed by atoms with Crippen LogP contribution >= 0.6 is 11.3 Å². The van der Waals surface area contributed by atoms with E-state index in [0.717, 1.165) is 6.54 Å². The van der Waals surface area contributed by atoms with E-state index in [1.807, 2.05) is 0 Å². The first-order chi connectivity index (χ1) is 6.62. The molecular weight excluding hydrogens is 192 g/mol. The smallest absolute Gasteiger partial charge is 0.0479 e. The summed E-state index contributed by atoms with van der Waals surface area (Å²) in [6.07, 6.45) is 0. The Kier molecular flexibility index (Phi) is 2.64. The van der Waals surface area contributed by atoms with E-state index in [1.165, 1.54) is 18.7 Å². The molecule has 78 valence electrons. The quantitative estimate of drug-likeness (QED) is 0.827. The van der Waals surface area contributed by atoms with Gasteiger partial charge >= 0.3 is 0 Å². The van der Waals surface area contributed by atoms with Crippen LogP contribution in [0.1, 0.15) is 25.5 Å². The molecule has 0 spiro atoms. The van der Waals surface area contributed by atoms with Gasteiger partial charge < -0.3 is 5.73 Å². The molecule has 1 aliphatic heterocycles. The molecule has 1 aromatic rings. The fraction of sp³-hybridized carbons (Fsp3) is 0.636. The molecule has 1 fully saturated rings. The van der Waals surface area contributed by atoms with Gasteiger partial charge in [0.05, 0.1) is 0 Å². The summed E-state index contributed by atoms with van der Waals surface area (Å²) in [7, 11) is 0. The number of likely N-dealkylation sites (tertiary alicyclic amines) is 1. The first-order valence-electron chi connectivity index (χ1n) is 5.09. The number of hydrogen-bond acceptors (Lipinski definition) is 3. The lowest BCUT2D eigenvalue weighted by Gasteiger charge is -2.49. The van der Waals surface area contributed by atoms with Crippen molar-refractivity contribution in [3.05, 3.63) is 22.4 Å². The third-order valence-corrected chi connectivity index (χ3v) is 3.56. The van der Waals surface area contributed by atoms with Gasteiger partial charge in [0.1, 0.15) is 0 Å². The van der Waals surface area contributed by atoms with Crippen LogP contribution < -0.4 is 5.73 Å². The highest BCUT2D eigenvalue weighted by Gasteiger charge is 2.38. The first-order valence-corrected chi connectivity index (χ1v) is 6.03. The van der Waals surface area contributed by atoms with Crippen LogP contribution in [-0.4, -0.2) is 24.5 Å². The predicted molar refractivity (Wildman–Crippen MR) is 61.5 cm³/mol. The fourth-order valence-corrected chi connectivity index (χ4v) is 2.94. The van der Waals surface area contributed by atoms with Crippen molar-refractivity contribution in [1.29, 1.82) is 0 Å². The lowest BCUT2D eigenvalue weighted by atomic mass is 9.82. The van der Waals surface area contributed by atoms with E-state index in [1.54, 1.807) is 11.3 Å². The zero-order chi connectivity index (χ0) is 10.2. The summed E-state index contributed by atoms with van der Waals surface area (Å²) in [6, 6.07) is 2.63. The van der Waals surface area contributed by atoms with Crippen LogP contribution in [0.4, 0.5) is 0 Å². The van der Waals surface area contributed by atoms with Crippen molar-refractivity contribution in [2.75, 3.05) is 19.6 Å². The van der Waals surface area contributed by atoms with Crippen molar-refractivity contribution in [2.45, 2.75) is 19.9 Å². The Balaban J connectivity index is 2.02. The average molecular weight is 210 g/mol. The van der Waals surface area contributed by atoms with Crippen LogP contribution in [-0.2, 0) is 0 Å². The van der Waals surface area contributed by atoms with Crippen LogP contribution in [0.15, 0.2) is 16.8 Å². The number of thiophene rings is 1. The molecule has 14 heavy (non-hydrogen) atoms. The van der Waals surface area contributed by atoms with Crippen LogP contribution in [0, 0.1) is 5.41 Å². The van der Waals surface area contributed by atoms with Gasteiger partial charge in [-0.2, -0.15) is 11.3 Å². The van der Waals surface area contributed by atoms with Gasteiger partial charge in [-0.1, -0.05) is 13.8 Å². The average Bonchev–Trinajstić information content (AvgIpc) is 2.55. The van der Waals surface area contributed by atoms with Gasteiger partial charge in [0.15, 0.2) is 0 Å². The minimum Gasteiger partial charge on any atom is -0.329 e. The molecule has 1 saturated heterocycles. The van der Waals surface area contributed by atoms with E-state index < -0.39 is 0 Å². The molecule has 0 saturated carbocycles. The molecule has 0 radical (unpaired) electrons. The molecule has 1 unspecified atom stereocenters. The second-order valence-corrected chi connectivity index (χ2v) is 5.66. The summed E-state index contributed by atoms with van der Waals surface area (Å²) in [5.41, 5.74) is 7.70. The Bertz CT molecular complexity index is 284.